The van der Waals surface area contributed by atoms with E-state index in [1.807, 2.05) is 25.7 Å². The first-order chi connectivity index (χ1) is 12.4. The number of carbonyl (C=O) groups is 1. The lowest BCUT2D eigenvalue weighted by molar-refractivity contribution is 0.0162. The monoisotopic (exact) mass is 496 g/mol. The number of carbonyl (C=O) groups excluding carboxylic acids is 1. The lowest BCUT2D eigenvalue weighted by Gasteiger charge is -2.34. The number of hydrogen-bond acceptors (Lipinski definition) is 4. The molecule has 2 aliphatic rings. The Morgan fingerprint density at radius 2 is 2.04 bits per heavy atom. The van der Waals surface area contributed by atoms with E-state index in [2.05, 4.69) is 15.6 Å². The Labute approximate surface area is 181 Å². The SMILES string of the molecule is CN=C(NCCC1CCCN(C(=O)OC(C)(C)C)C1)NCC1CCCO1.I. The second-order valence-corrected chi connectivity index (χ2v) is 8.24. The van der Waals surface area contributed by atoms with E-state index < -0.39 is 5.60 Å². The van der Waals surface area contributed by atoms with Crippen molar-refractivity contribution in [2.75, 3.05) is 39.8 Å². The Morgan fingerprint density at radius 1 is 1.26 bits per heavy atom. The third-order valence-corrected chi connectivity index (χ3v) is 4.76. The van der Waals surface area contributed by atoms with Crippen LogP contribution >= 0.6 is 24.0 Å². The van der Waals surface area contributed by atoms with Crippen molar-refractivity contribution in [1.82, 2.24) is 15.5 Å². The molecule has 1 amide bonds. The van der Waals surface area contributed by atoms with Crippen LogP contribution in [0.5, 0.6) is 0 Å². The number of guanidine groups is 1. The Morgan fingerprint density at radius 3 is 2.67 bits per heavy atom. The molecule has 27 heavy (non-hydrogen) atoms. The van der Waals surface area contributed by atoms with Crippen molar-refractivity contribution < 1.29 is 14.3 Å². The van der Waals surface area contributed by atoms with E-state index in [0.29, 0.717) is 12.0 Å². The van der Waals surface area contributed by atoms with Crippen LogP contribution < -0.4 is 10.6 Å². The number of amides is 1. The molecule has 0 aliphatic carbocycles. The maximum Gasteiger partial charge on any atom is 0.410 e. The van der Waals surface area contributed by atoms with Crippen molar-refractivity contribution in [2.45, 2.75) is 64.6 Å². The second kappa shape index (κ2) is 11.9. The summed E-state index contributed by atoms with van der Waals surface area (Å²) in [7, 11) is 1.79. The van der Waals surface area contributed by atoms with Gasteiger partial charge in [-0.25, -0.2) is 4.79 Å². The smallest absolute Gasteiger partial charge is 0.410 e. The highest BCUT2D eigenvalue weighted by atomic mass is 127. The van der Waals surface area contributed by atoms with E-state index in [1.54, 1.807) is 7.05 Å². The normalized spacial score (nSPS) is 23.6. The highest BCUT2D eigenvalue weighted by molar-refractivity contribution is 14.0. The molecular weight excluding hydrogens is 459 g/mol. The van der Waals surface area contributed by atoms with Crippen LogP contribution in [0, 0.1) is 5.92 Å². The maximum atomic E-state index is 12.2. The Balaban J connectivity index is 0.00000364. The molecular formula is C19H37IN4O3. The third-order valence-electron chi connectivity index (χ3n) is 4.76. The van der Waals surface area contributed by atoms with Gasteiger partial charge in [-0.2, -0.15) is 0 Å². The van der Waals surface area contributed by atoms with Crippen molar-refractivity contribution in [3.8, 4) is 0 Å². The van der Waals surface area contributed by atoms with Crippen LogP contribution in [0.15, 0.2) is 4.99 Å². The quantitative estimate of drug-likeness (QED) is 0.348. The number of hydrogen-bond donors (Lipinski definition) is 2. The van der Waals surface area contributed by atoms with Crippen LogP contribution in [0.4, 0.5) is 4.79 Å². The highest BCUT2D eigenvalue weighted by Gasteiger charge is 2.27. The molecule has 0 radical (unpaired) electrons. The molecule has 2 N–H and O–H groups in total. The Kier molecular flexibility index (Phi) is 10.7. The van der Waals surface area contributed by atoms with Gasteiger partial charge in [0.05, 0.1) is 6.10 Å². The minimum absolute atomic E-state index is 0. The van der Waals surface area contributed by atoms with Crippen LogP contribution in [0.25, 0.3) is 0 Å². The summed E-state index contributed by atoms with van der Waals surface area (Å²) in [5, 5.41) is 6.70. The highest BCUT2D eigenvalue weighted by Crippen LogP contribution is 2.21. The zero-order valence-corrected chi connectivity index (χ0v) is 19.6. The number of ether oxygens (including phenoxy) is 2. The Hall–Kier alpha value is -0.770. The van der Waals surface area contributed by atoms with Crippen molar-refractivity contribution in [3.05, 3.63) is 0 Å². The molecule has 0 aromatic rings. The van der Waals surface area contributed by atoms with Crippen molar-refractivity contribution >= 4 is 36.0 Å². The first kappa shape index (κ1) is 24.3. The zero-order chi connectivity index (χ0) is 19.0. The molecule has 2 rings (SSSR count). The number of rotatable bonds is 5. The molecule has 7 nitrogen and oxygen atoms in total. The van der Waals surface area contributed by atoms with Gasteiger partial charge in [0.25, 0.3) is 0 Å². The standard InChI is InChI=1S/C19H36N4O3.HI/c1-19(2,3)26-18(24)23-11-5-7-15(14-23)9-10-21-17(20-4)22-13-16-8-6-12-25-16;/h15-16H,5-14H2,1-4H3,(H2,20,21,22);1H. The first-order valence-electron chi connectivity index (χ1n) is 9.91. The van der Waals surface area contributed by atoms with Crippen LogP contribution in [0.3, 0.4) is 0 Å². The number of aliphatic imine (C=N–C) groups is 1. The molecule has 2 atom stereocenters. The predicted molar refractivity (Wildman–Crippen MR) is 119 cm³/mol. The summed E-state index contributed by atoms with van der Waals surface area (Å²) in [6.07, 6.45) is 5.58. The molecule has 0 spiro atoms. The molecule has 0 aromatic heterocycles. The lowest BCUT2D eigenvalue weighted by Crippen LogP contribution is -2.44. The molecule has 0 saturated carbocycles. The number of halogens is 1. The van der Waals surface area contributed by atoms with E-state index in [1.165, 1.54) is 0 Å². The van der Waals surface area contributed by atoms with E-state index in [9.17, 15) is 4.79 Å². The van der Waals surface area contributed by atoms with Gasteiger partial charge in [0.1, 0.15) is 5.60 Å². The van der Waals surface area contributed by atoms with Gasteiger partial charge in [-0.05, 0) is 58.8 Å². The fourth-order valence-electron chi connectivity index (χ4n) is 3.42. The number of piperidine rings is 1. The van der Waals surface area contributed by atoms with Crippen molar-refractivity contribution in [1.29, 1.82) is 0 Å². The number of nitrogens with zero attached hydrogens (tertiary/aromatic N) is 2. The van der Waals surface area contributed by atoms with Crippen LogP contribution in [0.1, 0.15) is 52.9 Å². The summed E-state index contributed by atoms with van der Waals surface area (Å²) in [5.74, 6) is 1.32. The third kappa shape index (κ3) is 9.32. The Bertz CT molecular complexity index is 476. The van der Waals surface area contributed by atoms with Gasteiger partial charge in [-0.3, -0.25) is 4.99 Å². The fraction of sp³-hybridized carbons (Fsp3) is 0.895. The van der Waals surface area contributed by atoms with Gasteiger partial charge in [-0.1, -0.05) is 0 Å². The second-order valence-electron chi connectivity index (χ2n) is 8.24. The van der Waals surface area contributed by atoms with Crippen LogP contribution in [-0.4, -0.2) is 68.5 Å². The molecule has 2 fully saturated rings. The van der Waals surface area contributed by atoms with Gasteiger partial charge in [0, 0.05) is 39.8 Å². The van der Waals surface area contributed by atoms with Crippen LogP contribution in [0.2, 0.25) is 0 Å². The predicted octanol–water partition coefficient (Wildman–Crippen LogP) is 2.99. The molecule has 2 unspecified atom stereocenters. The summed E-state index contributed by atoms with van der Waals surface area (Å²) in [6.45, 7) is 9.81. The fourth-order valence-corrected chi connectivity index (χ4v) is 3.42. The maximum absolute atomic E-state index is 12.2. The summed E-state index contributed by atoms with van der Waals surface area (Å²) in [6, 6.07) is 0. The molecule has 158 valence electrons. The lowest BCUT2D eigenvalue weighted by atomic mass is 9.95. The van der Waals surface area contributed by atoms with E-state index in [4.69, 9.17) is 9.47 Å². The largest absolute Gasteiger partial charge is 0.444 e. The minimum atomic E-state index is -0.438. The van der Waals surface area contributed by atoms with Gasteiger partial charge >= 0.3 is 6.09 Å². The minimum Gasteiger partial charge on any atom is -0.444 e. The van der Waals surface area contributed by atoms with E-state index >= 15 is 0 Å². The molecule has 2 aliphatic heterocycles. The van der Waals surface area contributed by atoms with Gasteiger partial charge in [0.2, 0.25) is 0 Å². The van der Waals surface area contributed by atoms with Crippen molar-refractivity contribution in [3.63, 3.8) is 0 Å². The first-order valence-corrected chi connectivity index (χ1v) is 9.91. The molecule has 0 bridgehead atoms. The summed E-state index contributed by atoms with van der Waals surface area (Å²) < 4.78 is 11.1. The van der Waals surface area contributed by atoms with E-state index in [0.717, 1.165) is 70.8 Å². The summed E-state index contributed by atoms with van der Waals surface area (Å²) in [5.41, 5.74) is -0.438. The average molecular weight is 496 g/mol. The van der Waals surface area contributed by atoms with Crippen molar-refractivity contribution in [2.24, 2.45) is 10.9 Å². The summed E-state index contributed by atoms with van der Waals surface area (Å²) >= 11 is 0. The average Bonchev–Trinajstić information content (AvgIpc) is 3.10. The zero-order valence-electron chi connectivity index (χ0n) is 17.3. The van der Waals surface area contributed by atoms with Gasteiger partial charge in [-0.15, -0.1) is 24.0 Å². The molecule has 8 heteroatoms. The van der Waals surface area contributed by atoms with Gasteiger partial charge < -0.3 is 25.0 Å². The van der Waals surface area contributed by atoms with Crippen LogP contribution in [-0.2, 0) is 9.47 Å². The van der Waals surface area contributed by atoms with Gasteiger partial charge in [0.15, 0.2) is 5.96 Å². The number of likely N-dealkylation sites (tertiary alicyclic amines) is 1. The summed E-state index contributed by atoms with van der Waals surface area (Å²) in [4.78, 5) is 18.4. The molecule has 0 aromatic carbocycles. The molecule has 2 heterocycles. The number of nitrogens with one attached hydrogen (secondary N) is 2. The molecule has 2 saturated heterocycles. The van der Waals surface area contributed by atoms with E-state index in [-0.39, 0.29) is 30.1 Å². The topological polar surface area (TPSA) is 75.2 Å².